The number of carbonyl (C=O) groups excluding carboxylic acids is 1. The number of carbonyl (C=O) groups is 1. The lowest BCUT2D eigenvalue weighted by atomic mass is 10.1. The highest BCUT2D eigenvalue weighted by Gasteiger charge is 2.20. The van der Waals surface area contributed by atoms with E-state index in [0.717, 1.165) is 51.0 Å². The second kappa shape index (κ2) is 7.94. The lowest BCUT2D eigenvalue weighted by molar-refractivity contribution is 0.201. The molecular formula is C21H27N5O. The summed E-state index contributed by atoms with van der Waals surface area (Å²) in [6, 6.07) is 4.28. The van der Waals surface area contributed by atoms with Gasteiger partial charge in [0.15, 0.2) is 0 Å². The number of rotatable bonds is 3. The third-order valence-electron chi connectivity index (χ3n) is 5.53. The van der Waals surface area contributed by atoms with Gasteiger partial charge in [-0.2, -0.15) is 0 Å². The van der Waals surface area contributed by atoms with E-state index in [1.54, 1.807) is 0 Å². The highest BCUT2D eigenvalue weighted by atomic mass is 16.2. The van der Waals surface area contributed by atoms with E-state index < -0.39 is 0 Å². The lowest BCUT2D eigenvalue weighted by Crippen LogP contribution is -2.41. The summed E-state index contributed by atoms with van der Waals surface area (Å²) in [5.74, 6) is 0. The second-order valence-electron chi connectivity index (χ2n) is 7.45. The zero-order valence-corrected chi connectivity index (χ0v) is 15.9. The first-order valence-corrected chi connectivity index (χ1v) is 9.86. The number of urea groups is 1. The zero-order chi connectivity index (χ0) is 18.6. The van der Waals surface area contributed by atoms with Crippen molar-refractivity contribution < 1.29 is 4.79 Å². The third kappa shape index (κ3) is 4.04. The van der Waals surface area contributed by atoms with Crippen LogP contribution in [0.5, 0.6) is 0 Å². The largest absolute Gasteiger partial charge is 0.369 e. The standard InChI is InChI=1S/C21H27N5O/c1-16-13-22-7-6-20(16)25-8-3-9-26(11-10-25)21(27)24-15-17-12-18-4-2-5-19(18)23-14-17/h6-7,12-14H,2-5,8-11,15H2,1H3,(H,24,27). The van der Waals surface area contributed by atoms with Gasteiger partial charge < -0.3 is 15.1 Å². The Morgan fingerprint density at radius 1 is 1.15 bits per heavy atom. The van der Waals surface area contributed by atoms with Gasteiger partial charge in [-0.3, -0.25) is 9.97 Å². The van der Waals surface area contributed by atoms with Crippen LogP contribution in [0.3, 0.4) is 0 Å². The molecule has 1 N–H and O–H groups in total. The average Bonchev–Trinajstić information content (AvgIpc) is 3.01. The van der Waals surface area contributed by atoms with E-state index in [9.17, 15) is 4.79 Å². The molecule has 0 unspecified atom stereocenters. The number of pyridine rings is 2. The summed E-state index contributed by atoms with van der Waals surface area (Å²) in [7, 11) is 0. The van der Waals surface area contributed by atoms with E-state index in [0.29, 0.717) is 6.54 Å². The molecule has 2 aromatic heterocycles. The van der Waals surface area contributed by atoms with Crippen LogP contribution in [0.1, 0.15) is 35.2 Å². The van der Waals surface area contributed by atoms with Crippen LogP contribution < -0.4 is 10.2 Å². The predicted molar refractivity (Wildman–Crippen MR) is 106 cm³/mol. The zero-order valence-electron chi connectivity index (χ0n) is 15.9. The number of amides is 2. The van der Waals surface area contributed by atoms with Gasteiger partial charge in [-0.25, -0.2) is 4.79 Å². The minimum atomic E-state index is 0.0174. The molecular weight excluding hydrogens is 338 g/mol. The van der Waals surface area contributed by atoms with Crippen molar-refractivity contribution in [2.24, 2.45) is 0 Å². The van der Waals surface area contributed by atoms with Crippen molar-refractivity contribution in [1.82, 2.24) is 20.2 Å². The van der Waals surface area contributed by atoms with Crippen molar-refractivity contribution in [3.05, 3.63) is 53.1 Å². The monoisotopic (exact) mass is 365 g/mol. The maximum Gasteiger partial charge on any atom is 0.317 e. The van der Waals surface area contributed by atoms with Crippen LogP contribution in [0.2, 0.25) is 0 Å². The molecule has 6 nitrogen and oxygen atoms in total. The van der Waals surface area contributed by atoms with Crippen LogP contribution in [0.4, 0.5) is 10.5 Å². The fourth-order valence-corrected chi connectivity index (χ4v) is 4.04. The molecule has 1 aliphatic carbocycles. The second-order valence-corrected chi connectivity index (χ2v) is 7.45. The molecule has 1 saturated heterocycles. The number of nitrogens with one attached hydrogen (secondary N) is 1. The maximum atomic E-state index is 12.6. The Kier molecular flexibility index (Phi) is 5.23. The Morgan fingerprint density at radius 3 is 2.96 bits per heavy atom. The van der Waals surface area contributed by atoms with Crippen molar-refractivity contribution in [2.45, 2.75) is 39.2 Å². The molecule has 2 aliphatic rings. The summed E-state index contributed by atoms with van der Waals surface area (Å²) in [4.78, 5) is 25.6. The SMILES string of the molecule is Cc1cnccc1N1CCCN(C(=O)NCc2cnc3c(c2)CCC3)CC1. The summed E-state index contributed by atoms with van der Waals surface area (Å²) >= 11 is 0. The van der Waals surface area contributed by atoms with Crippen LogP contribution in [-0.2, 0) is 19.4 Å². The summed E-state index contributed by atoms with van der Waals surface area (Å²) in [5, 5.41) is 3.07. The van der Waals surface area contributed by atoms with Gasteiger partial charge in [0, 0.05) is 62.7 Å². The highest BCUT2D eigenvalue weighted by molar-refractivity contribution is 5.74. The minimum Gasteiger partial charge on any atom is -0.369 e. The normalized spacial score (nSPS) is 16.8. The van der Waals surface area contributed by atoms with Crippen LogP contribution in [0.15, 0.2) is 30.7 Å². The number of anilines is 1. The van der Waals surface area contributed by atoms with Crippen molar-refractivity contribution in [1.29, 1.82) is 0 Å². The molecule has 1 fully saturated rings. The molecule has 0 bridgehead atoms. The number of hydrogen-bond donors (Lipinski definition) is 1. The third-order valence-corrected chi connectivity index (χ3v) is 5.53. The predicted octanol–water partition coefficient (Wildman–Crippen LogP) is 2.70. The molecule has 6 heteroatoms. The number of nitrogens with zero attached hydrogens (tertiary/aromatic N) is 4. The van der Waals surface area contributed by atoms with Gasteiger partial charge in [0.2, 0.25) is 0 Å². The van der Waals surface area contributed by atoms with Gasteiger partial charge in [0.25, 0.3) is 0 Å². The van der Waals surface area contributed by atoms with E-state index in [-0.39, 0.29) is 6.03 Å². The Labute approximate surface area is 160 Å². The smallest absolute Gasteiger partial charge is 0.317 e. The van der Waals surface area contributed by atoms with Crippen molar-refractivity contribution in [3.8, 4) is 0 Å². The molecule has 27 heavy (non-hydrogen) atoms. The summed E-state index contributed by atoms with van der Waals surface area (Å²) < 4.78 is 0. The first-order valence-electron chi connectivity index (χ1n) is 9.86. The Balaban J connectivity index is 1.32. The first-order chi connectivity index (χ1) is 13.2. The number of fused-ring (bicyclic) bond motifs is 1. The van der Waals surface area contributed by atoms with E-state index in [4.69, 9.17) is 0 Å². The fourth-order valence-electron chi connectivity index (χ4n) is 4.04. The van der Waals surface area contributed by atoms with E-state index >= 15 is 0 Å². The quantitative estimate of drug-likeness (QED) is 0.908. The Bertz CT molecular complexity index is 822. The minimum absolute atomic E-state index is 0.0174. The van der Waals surface area contributed by atoms with Crippen molar-refractivity contribution in [2.75, 3.05) is 31.1 Å². The molecule has 3 heterocycles. The van der Waals surface area contributed by atoms with Gasteiger partial charge >= 0.3 is 6.03 Å². The van der Waals surface area contributed by atoms with Gasteiger partial charge in [-0.05, 0) is 55.4 Å². The highest BCUT2D eigenvalue weighted by Crippen LogP contribution is 2.21. The molecule has 0 atom stereocenters. The molecule has 2 aromatic rings. The van der Waals surface area contributed by atoms with Gasteiger partial charge in [0.05, 0.1) is 0 Å². The first kappa shape index (κ1) is 17.8. The van der Waals surface area contributed by atoms with Crippen LogP contribution in [0.25, 0.3) is 0 Å². The molecule has 4 rings (SSSR count). The molecule has 0 aromatic carbocycles. The van der Waals surface area contributed by atoms with Crippen molar-refractivity contribution in [3.63, 3.8) is 0 Å². The fraction of sp³-hybridized carbons (Fsp3) is 0.476. The van der Waals surface area contributed by atoms with Gasteiger partial charge in [-0.1, -0.05) is 6.07 Å². The summed E-state index contributed by atoms with van der Waals surface area (Å²) in [6.45, 7) is 5.96. The summed E-state index contributed by atoms with van der Waals surface area (Å²) in [5.41, 5.74) is 6.06. The summed E-state index contributed by atoms with van der Waals surface area (Å²) in [6.07, 6.45) is 10.00. The number of aryl methyl sites for hydroxylation is 3. The van der Waals surface area contributed by atoms with Gasteiger partial charge in [-0.15, -0.1) is 0 Å². The van der Waals surface area contributed by atoms with Crippen LogP contribution >= 0.6 is 0 Å². The maximum absolute atomic E-state index is 12.6. The van der Waals surface area contributed by atoms with Gasteiger partial charge in [0.1, 0.15) is 0 Å². The van der Waals surface area contributed by atoms with E-state index in [1.165, 1.54) is 28.9 Å². The Hall–Kier alpha value is -2.63. The lowest BCUT2D eigenvalue weighted by Gasteiger charge is -2.25. The average molecular weight is 365 g/mol. The number of aromatic nitrogens is 2. The van der Waals surface area contributed by atoms with Crippen LogP contribution in [0, 0.1) is 6.92 Å². The van der Waals surface area contributed by atoms with Crippen LogP contribution in [-0.4, -0.2) is 47.1 Å². The molecule has 2 amide bonds. The topological polar surface area (TPSA) is 61.4 Å². The molecule has 0 radical (unpaired) electrons. The molecule has 0 saturated carbocycles. The number of hydrogen-bond acceptors (Lipinski definition) is 4. The van der Waals surface area contributed by atoms with Crippen molar-refractivity contribution >= 4 is 11.7 Å². The van der Waals surface area contributed by atoms with E-state index in [2.05, 4.69) is 39.2 Å². The Morgan fingerprint density at radius 2 is 2.07 bits per heavy atom. The van der Waals surface area contributed by atoms with E-state index in [1.807, 2.05) is 23.5 Å². The molecule has 0 spiro atoms. The molecule has 142 valence electrons. The molecule has 1 aliphatic heterocycles.